The predicted octanol–water partition coefficient (Wildman–Crippen LogP) is -0.0342. The minimum absolute atomic E-state index is 0.107. The van der Waals surface area contributed by atoms with Crippen molar-refractivity contribution in [3.8, 4) is 6.07 Å². The van der Waals surface area contributed by atoms with Crippen LogP contribution in [0.3, 0.4) is 0 Å². The summed E-state index contributed by atoms with van der Waals surface area (Å²) in [6.45, 7) is 0.129. The van der Waals surface area contributed by atoms with Crippen LogP contribution in [0.4, 0.5) is 0 Å². The average molecular weight is 225 g/mol. The molecule has 1 rings (SSSR count). The molecule has 0 radical (unpaired) electrons. The molecule has 1 aliphatic heterocycles. The number of allylic oxidation sites excluding steroid dienone is 1. The van der Waals surface area contributed by atoms with Crippen LogP contribution in [0, 0.1) is 21.4 Å². The highest BCUT2D eigenvalue weighted by atomic mass is 16.6. The van der Waals surface area contributed by atoms with Crippen molar-refractivity contribution < 1.29 is 14.5 Å². The Morgan fingerprint density at radius 1 is 1.75 bits per heavy atom. The van der Waals surface area contributed by atoms with Gasteiger partial charge in [0.2, 0.25) is 6.04 Å². The molecule has 1 N–H and O–H groups in total. The first-order chi connectivity index (χ1) is 7.60. The van der Waals surface area contributed by atoms with Gasteiger partial charge in [-0.05, 0) is 6.42 Å². The molecule has 0 spiro atoms. The molecule has 1 atom stereocenters. The van der Waals surface area contributed by atoms with Crippen molar-refractivity contribution in [2.24, 2.45) is 0 Å². The van der Waals surface area contributed by atoms with Gasteiger partial charge in [-0.1, -0.05) is 0 Å². The number of carbonyl (C=O) groups excluding carboxylic acids is 1. The Hall–Kier alpha value is -2.10. The lowest BCUT2D eigenvalue weighted by molar-refractivity contribution is -0.522. The normalized spacial score (nSPS) is 22.6. The zero-order valence-electron chi connectivity index (χ0n) is 8.73. The fourth-order valence-corrected chi connectivity index (χ4v) is 1.47. The summed E-state index contributed by atoms with van der Waals surface area (Å²) in [6, 6.07) is 1.07. The molecule has 0 saturated carbocycles. The van der Waals surface area contributed by atoms with Gasteiger partial charge >= 0.3 is 5.97 Å². The van der Waals surface area contributed by atoms with E-state index in [1.807, 2.05) is 0 Å². The SMILES string of the molecule is COC(=O)C(C#N)=C1CCC([N+](=O)[O-])CN1. The molecule has 0 aromatic heterocycles. The van der Waals surface area contributed by atoms with Crippen LogP contribution >= 0.6 is 0 Å². The van der Waals surface area contributed by atoms with E-state index in [9.17, 15) is 14.9 Å². The van der Waals surface area contributed by atoms with E-state index in [-0.39, 0.29) is 17.0 Å². The van der Waals surface area contributed by atoms with E-state index in [1.54, 1.807) is 6.07 Å². The van der Waals surface area contributed by atoms with Gasteiger partial charge in [0.25, 0.3) is 0 Å². The second kappa shape index (κ2) is 5.11. The molecular formula is C9H11N3O4. The van der Waals surface area contributed by atoms with Crippen LogP contribution < -0.4 is 5.32 Å². The molecule has 0 aliphatic carbocycles. The Labute approximate surface area is 91.8 Å². The van der Waals surface area contributed by atoms with Crippen molar-refractivity contribution >= 4 is 5.97 Å². The maximum absolute atomic E-state index is 11.2. The van der Waals surface area contributed by atoms with E-state index < -0.39 is 12.0 Å². The summed E-state index contributed by atoms with van der Waals surface area (Å²) >= 11 is 0. The Morgan fingerprint density at radius 2 is 2.44 bits per heavy atom. The number of methoxy groups -OCH3 is 1. The molecule has 1 unspecified atom stereocenters. The van der Waals surface area contributed by atoms with Gasteiger partial charge < -0.3 is 10.1 Å². The highest BCUT2D eigenvalue weighted by molar-refractivity contribution is 5.93. The van der Waals surface area contributed by atoms with Crippen molar-refractivity contribution in [3.05, 3.63) is 21.4 Å². The molecule has 16 heavy (non-hydrogen) atoms. The smallest absolute Gasteiger partial charge is 0.350 e. The summed E-state index contributed by atoms with van der Waals surface area (Å²) in [5.41, 5.74) is 0.316. The van der Waals surface area contributed by atoms with Gasteiger partial charge in [-0.3, -0.25) is 10.1 Å². The van der Waals surface area contributed by atoms with E-state index in [0.717, 1.165) is 0 Å². The summed E-state index contributed by atoms with van der Waals surface area (Å²) in [5.74, 6) is -0.718. The first-order valence-corrected chi connectivity index (χ1v) is 4.69. The van der Waals surface area contributed by atoms with Crippen molar-refractivity contribution in [1.82, 2.24) is 5.32 Å². The number of nitrogens with one attached hydrogen (secondary N) is 1. The quantitative estimate of drug-likeness (QED) is 0.232. The zero-order chi connectivity index (χ0) is 12.1. The third kappa shape index (κ3) is 2.48. The molecule has 1 saturated heterocycles. The molecule has 86 valence electrons. The minimum Gasteiger partial charge on any atom is -0.465 e. The van der Waals surface area contributed by atoms with Gasteiger partial charge in [0, 0.05) is 17.0 Å². The number of piperidine rings is 1. The predicted molar refractivity (Wildman–Crippen MR) is 52.7 cm³/mol. The molecule has 7 heteroatoms. The third-order valence-electron chi connectivity index (χ3n) is 2.38. The molecule has 1 fully saturated rings. The number of hydrogen-bond donors (Lipinski definition) is 1. The molecule has 7 nitrogen and oxygen atoms in total. The highest BCUT2D eigenvalue weighted by Crippen LogP contribution is 2.17. The highest BCUT2D eigenvalue weighted by Gasteiger charge is 2.28. The van der Waals surface area contributed by atoms with Crippen molar-refractivity contribution in [1.29, 1.82) is 5.26 Å². The maximum Gasteiger partial charge on any atom is 0.350 e. The minimum atomic E-state index is -0.718. The maximum atomic E-state index is 11.2. The number of nitriles is 1. The number of hydrogen-bond acceptors (Lipinski definition) is 6. The van der Waals surface area contributed by atoms with Gasteiger partial charge in [-0.15, -0.1) is 0 Å². The Morgan fingerprint density at radius 3 is 2.81 bits per heavy atom. The van der Waals surface area contributed by atoms with Gasteiger partial charge in [0.05, 0.1) is 13.7 Å². The molecule has 1 aliphatic rings. The van der Waals surface area contributed by atoms with Crippen molar-refractivity contribution in [2.45, 2.75) is 18.9 Å². The van der Waals surface area contributed by atoms with Gasteiger partial charge in [-0.25, -0.2) is 4.79 Å². The fourth-order valence-electron chi connectivity index (χ4n) is 1.47. The first-order valence-electron chi connectivity index (χ1n) is 4.69. The molecule has 0 bridgehead atoms. The van der Waals surface area contributed by atoms with Crippen LogP contribution in [-0.4, -0.2) is 30.6 Å². The Kier molecular flexibility index (Phi) is 3.83. The topological polar surface area (TPSA) is 105 Å². The molecular weight excluding hydrogens is 214 g/mol. The summed E-state index contributed by atoms with van der Waals surface area (Å²) in [5, 5.41) is 22.0. The van der Waals surface area contributed by atoms with Crippen molar-refractivity contribution in [2.75, 3.05) is 13.7 Å². The second-order valence-corrected chi connectivity index (χ2v) is 3.32. The van der Waals surface area contributed by atoms with Crippen molar-refractivity contribution in [3.63, 3.8) is 0 Å². The Bertz CT molecular complexity index is 373. The number of rotatable bonds is 2. The van der Waals surface area contributed by atoms with E-state index >= 15 is 0 Å². The van der Waals surface area contributed by atoms with E-state index in [2.05, 4.69) is 10.1 Å². The number of nitro groups is 1. The standard InChI is InChI=1S/C9H11N3O4/c1-16-9(13)7(4-10)8-3-2-6(5-11-8)12(14)15/h6,11H,2-3,5H2,1H3. The zero-order valence-corrected chi connectivity index (χ0v) is 8.73. The average Bonchev–Trinajstić information content (AvgIpc) is 2.30. The monoisotopic (exact) mass is 225 g/mol. The second-order valence-electron chi connectivity index (χ2n) is 3.32. The summed E-state index contributed by atoms with van der Waals surface area (Å²) in [7, 11) is 1.18. The number of nitrogens with zero attached hydrogens (tertiary/aromatic N) is 2. The number of ether oxygens (including phenoxy) is 1. The van der Waals surface area contributed by atoms with Crippen LogP contribution in [0.1, 0.15) is 12.8 Å². The van der Waals surface area contributed by atoms with Gasteiger partial charge in [0.15, 0.2) is 5.57 Å². The van der Waals surface area contributed by atoms with Crippen LogP contribution in [0.25, 0.3) is 0 Å². The molecule has 0 amide bonds. The van der Waals surface area contributed by atoms with Crippen LogP contribution in [0.15, 0.2) is 11.3 Å². The Balaban J connectivity index is 2.78. The molecule has 1 heterocycles. The lowest BCUT2D eigenvalue weighted by Crippen LogP contribution is -2.38. The lowest BCUT2D eigenvalue weighted by Gasteiger charge is -2.20. The third-order valence-corrected chi connectivity index (χ3v) is 2.38. The lowest BCUT2D eigenvalue weighted by atomic mass is 10.0. The van der Waals surface area contributed by atoms with Gasteiger partial charge in [-0.2, -0.15) is 5.26 Å². The van der Waals surface area contributed by atoms with E-state index in [1.165, 1.54) is 7.11 Å². The first kappa shape index (κ1) is 12.0. The molecule has 0 aromatic carbocycles. The summed E-state index contributed by atoms with van der Waals surface area (Å²) in [6.07, 6.45) is 0.626. The molecule has 0 aromatic rings. The summed E-state index contributed by atoms with van der Waals surface area (Å²) < 4.78 is 4.44. The van der Waals surface area contributed by atoms with E-state index in [0.29, 0.717) is 18.5 Å². The number of carbonyl (C=O) groups is 1. The van der Waals surface area contributed by atoms with Crippen LogP contribution in [0.5, 0.6) is 0 Å². The largest absolute Gasteiger partial charge is 0.465 e. The fraction of sp³-hybridized carbons (Fsp3) is 0.556. The number of esters is 1. The van der Waals surface area contributed by atoms with Gasteiger partial charge in [0.1, 0.15) is 6.07 Å². The van der Waals surface area contributed by atoms with E-state index in [4.69, 9.17) is 5.26 Å². The summed E-state index contributed by atoms with van der Waals surface area (Å²) in [4.78, 5) is 21.3. The van der Waals surface area contributed by atoms with Crippen LogP contribution in [0.2, 0.25) is 0 Å². The van der Waals surface area contributed by atoms with Crippen LogP contribution in [-0.2, 0) is 9.53 Å².